The molecule has 0 aliphatic carbocycles. The van der Waals surface area contributed by atoms with Gasteiger partial charge in [-0.25, -0.2) is 4.98 Å². The number of hydrogen-bond donors (Lipinski definition) is 4. The number of ether oxygens (including phenoxy) is 5. The van der Waals surface area contributed by atoms with Gasteiger partial charge < -0.3 is 50.5 Å². The largest absolute Gasteiger partial charge is 1.00 e. The van der Waals surface area contributed by atoms with E-state index < -0.39 is 0 Å². The van der Waals surface area contributed by atoms with E-state index in [0.29, 0.717) is 72.6 Å². The monoisotopic (exact) mass is 852 g/mol. The fourth-order valence-electron chi connectivity index (χ4n) is 4.97. The number of nitrogen functional groups attached to an aromatic ring is 2. The normalized spacial score (nSPS) is 10.2. The summed E-state index contributed by atoms with van der Waals surface area (Å²) in [5, 5.41) is 26.9. The number of imidazole rings is 2. The number of methoxy groups -OCH3 is 3. The van der Waals surface area contributed by atoms with Gasteiger partial charge in [-0.1, -0.05) is 63.4 Å². The van der Waals surface area contributed by atoms with Gasteiger partial charge in [0.05, 0.1) is 46.6 Å². The summed E-state index contributed by atoms with van der Waals surface area (Å²) in [7, 11) is 5.46. The zero-order chi connectivity index (χ0) is 38.3. The molecule has 0 saturated heterocycles. The molecule has 0 radical (unpaired) electrons. The van der Waals surface area contributed by atoms with Gasteiger partial charge in [0.15, 0.2) is 38.7 Å². The average Bonchev–Trinajstić information content (AvgIpc) is 3.69. The van der Waals surface area contributed by atoms with Crippen LogP contribution in [-0.4, -0.2) is 104 Å². The first-order valence-electron chi connectivity index (χ1n) is 16.1. The first kappa shape index (κ1) is 49.8. The molecule has 0 bridgehead atoms. The number of aromatic nitrogens is 8. The zero-order valence-electron chi connectivity index (χ0n) is 30.7. The number of halogens is 1. The van der Waals surface area contributed by atoms with Crippen LogP contribution in [0.5, 0.6) is 18.0 Å². The Labute approximate surface area is 356 Å². The third kappa shape index (κ3) is 12.9. The molecule has 0 aliphatic rings. The molecule has 56 heavy (non-hydrogen) atoms. The molecule has 6 N–H and O–H groups in total. The summed E-state index contributed by atoms with van der Waals surface area (Å²) >= 11 is 3.44. The number of rotatable bonds is 15. The van der Waals surface area contributed by atoms with Crippen molar-refractivity contribution in [2.24, 2.45) is 0 Å². The van der Waals surface area contributed by atoms with Gasteiger partial charge in [-0.15, -0.1) is 0 Å². The minimum atomic E-state index is -0.0255. The molecule has 2 aromatic carbocycles. The second-order valence-electron chi connectivity index (χ2n) is 10.9. The topological polar surface area (TPSA) is 249 Å². The molecule has 0 spiro atoms. The van der Waals surface area contributed by atoms with Crippen molar-refractivity contribution in [3.8, 4) is 18.0 Å². The van der Waals surface area contributed by atoms with E-state index in [1.807, 2.05) is 53.1 Å². The zero-order valence-corrected chi connectivity index (χ0v) is 34.3. The van der Waals surface area contributed by atoms with Crippen LogP contribution in [0.2, 0.25) is 0 Å². The fourth-order valence-corrected chi connectivity index (χ4v) is 5.44. The minimum Gasteiger partial charge on any atom is -0.857 e. The third-order valence-electron chi connectivity index (χ3n) is 7.37. The van der Waals surface area contributed by atoms with Crippen LogP contribution in [0.25, 0.3) is 22.3 Å². The summed E-state index contributed by atoms with van der Waals surface area (Å²) in [5.74, 6) is 0.463. The van der Waals surface area contributed by atoms with E-state index in [9.17, 15) is 10.2 Å². The van der Waals surface area contributed by atoms with Crippen molar-refractivity contribution >= 4 is 49.9 Å². The van der Waals surface area contributed by atoms with Crippen LogP contribution < -0.4 is 60.3 Å². The first-order valence-corrected chi connectivity index (χ1v) is 16.9. The number of nitrogens with zero attached hydrogens (tertiary/aromatic N) is 8. The molecule has 6 aromatic rings. The maximum Gasteiger partial charge on any atom is 1.00 e. The number of nitrogens with two attached hydrogens (primary N) is 2. The number of anilines is 2. The standard InChI is InChI=1S/C17H21N5O4.C16H18BrN5O3.CH3O.2CH4.Na/c1-24-6-7-26-16-20-14(18)13-15(21-16)22(17(19-13)25-2)9-11-4-3-5-12(8-11)10-23;1-24-5-6-25-16-20-13(18)12-14(21-16)22(15(17)19-12)8-10-3-2-4-11(7-10)9-23;1-2;;;/h3-5,8,23H,6-7,9-10H2,1-2H3,(H2,18,20,21);2-4,7,23H,5-6,8-9H2,1H3,(H2,18,20,21);1H3;2*1H4;/q;;-1;;;+1. The molecule has 300 valence electrons. The number of aliphatic hydroxyl groups excluding tert-OH is 2. The van der Waals surface area contributed by atoms with Crippen molar-refractivity contribution in [2.45, 2.75) is 41.2 Å². The van der Waals surface area contributed by atoms with Crippen molar-refractivity contribution in [3.05, 3.63) is 75.5 Å². The third-order valence-corrected chi connectivity index (χ3v) is 7.98. The summed E-state index contributed by atoms with van der Waals surface area (Å²) in [4.78, 5) is 25.8. The fraction of sp³-hybridized carbons (Fsp3) is 0.389. The Morgan fingerprint density at radius 1 is 0.643 bits per heavy atom. The van der Waals surface area contributed by atoms with Crippen LogP contribution in [0.3, 0.4) is 0 Å². The van der Waals surface area contributed by atoms with Crippen LogP contribution in [0.1, 0.15) is 37.1 Å². The van der Waals surface area contributed by atoms with Crippen molar-refractivity contribution in [1.29, 1.82) is 0 Å². The molecule has 0 aliphatic heterocycles. The minimum absolute atomic E-state index is 0. The molecule has 20 heteroatoms. The average molecular weight is 854 g/mol. The Morgan fingerprint density at radius 2 is 1.07 bits per heavy atom. The molecule has 0 atom stereocenters. The van der Waals surface area contributed by atoms with Gasteiger partial charge in [0, 0.05) is 14.2 Å². The van der Waals surface area contributed by atoms with Gasteiger partial charge in [0.25, 0.3) is 6.01 Å². The molecule has 0 unspecified atom stereocenters. The summed E-state index contributed by atoms with van der Waals surface area (Å²) in [6.45, 7) is 2.41. The maximum atomic E-state index is 9.33. The molecule has 0 fully saturated rings. The molecular weight excluding hydrogens is 803 g/mol. The van der Waals surface area contributed by atoms with Gasteiger partial charge in [-0.3, -0.25) is 9.13 Å². The van der Waals surface area contributed by atoms with Gasteiger partial charge in [0.1, 0.15) is 13.2 Å². The SMILES string of the molecule is C.C.COCCOc1nc(N)c2nc(Br)n(Cc3cccc(CO)c3)c2n1.COCCOc1nc(N)c2nc(OC)n(Cc3cccc(CO)c3)c2n1.C[O-].[Na+]. The Hall–Kier alpha value is -4.18. The molecule has 0 amide bonds. The summed E-state index contributed by atoms with van der Waals surface area (Å²) < 4.78 is 30.5. The Kier molecular flexibility index (Phi) is 22.4. The quantitative estimate of drug-likeness (QED) is 0.0602. The summed E-state index contributed by atoms with van der Waals surface area (Å²) in [5.41, 5.74) is 17.7. The number of fused-ring (bicyclic) bond motifs is 2. The molecule has 4 heterocycles. The molecule has 6 rings (SSSR count). The van der Waals surface area contributed by atoms with Crippen LogP contribution in [0, 0.1) is 0 Å². The molecule has 18 nitrogen and oxygen atoms in total. The van der Waals surface area contributed by atoms with Crippen LogP contribution in [0.4, 0.5) is 11.6 Å². The molecule has 4 aromatic heterocycles. The van der Waals surface area contributed by atoms with Crippen molar-refractivity contribution in [3.63, 3.8) is 0 Å². The van der Waals surface area contributed by atoms with Gasteiger partial charge in [-0.05, 0) is 38.2 Å². The van der Waals surface area contributed by atoms with Crippen LogP contribution in [0.15, 0.2) is 53.3 Å². The van der Waals surface area contributed by atoms with Crippen LogP contribution in [-0.2, 0) is 35.8 Å². The maximum absolute atomic E-state index is 9.33. The number of hydrogen-bond acceptors (Lipinski definition) is 16. The Bertz CT molecular complexity index is 2090. The number of aliphatic hydroxyl groups is 2. The van der Waals surface area contributed by atoms with Crippen molar-refractivity contribution in [1.82, 2.24) is 39.0 Å². The van der Waals surface area contributed by atoms with Gasteiger partial charge >= 0.3 is 41.6 Å². The van der Waals surface area contributed by atoms with Crippen molar-refractivity contribution < 1.29 is 68.6 Å². The smallest absolute Gasteiger partial charge is 0.857 e. The van der Waals surface area contributed by atoms with Gasteiger partial charge in [0.2, 0.25) is 0 Å². The van der Waals surface area contributed by atoms with E-state index >= 15 is 0 Å². The molecular formula is C36H50BrN10NaO8. The Morgan fingerprint density at radius 3 is 1.52 bits per heavy atom. The molecule has 0 saturated carbocycles. The van der Waals surface area contributed by atoms with Gasteiger partial charge in [-0.2, -0.15) is 32.0 Å². The summed E-state index contributed by atoms with van der Waals surface area (Å²) in [6, 6.07) is 16.0. The number of benzene rings is 2. The Balaban J connectivity index is 0.000000510. The van der Waals surface area contributed by atoms with E-state index in [2.05, 4.69) is 45.8 Å². The van der Waals surface area contributed by atoms with E-state index in [1.165, 1.54) is 7.11 Å². The second-order valence-corrected chi connectivity index (χ2v) is 11.6. The van der Waals surface area contributed by atoms with E-state index in [-0.39, 0.29) is 81.3 Å². The van der Waals surface area contributed by atoms with E-state index in [0.717, 1.165) is 29.4 Å². The van der Waals surface area contributed by atoms with E-state index in [4.69, 9.17) is 40.3 Å². The predicted octanol–water partition coefficient (Wildman–Crippen LogP) is -0.0276. The van der Waals surface area contributed by atoms with Crippen LogP contribution >= 0.6 is 15.9 Å². The first-order chi connectivity index (χ1) is 25.8. The van der Waals surface area contributed by atoms with E-state index in [1.54, 1.807) is 18.8 Å². The van der Waals surface area contributed by atoms with Crippen molar-refractivity contribution in [2.75, 3.05) is 66.3 Å². The summed E-state index contributed by atoms with van der Waals surface area (Å²) in [6.07, 6.45) is 0. The predicted molar refractivity (Wildman–Crippen MR) is 211 cm³/mol. The second kappa shape index (κ2) is 25.1.